The maximum atomic E-state index is 5.94. The first kappa shape index (κ1) is 9.77. The van der Waals surface area contributed by atoms with E-state index in [1.54, 1.807) is 0 Å². The molecule has 3 heteroatoms. The van der Waals surface area contributed by atoms with Crippen LogP contribution in [0.4, 0.5) is 5.69 Å². The van der Waals surface area contributed by atoms with Crippen LogP contribution < -0.4 is 10.6 Å². The van der Waals surface area contributed by atoms with Crippen molar-refractivity contribution >= 4 is 11.5 Å². The maximum Gasteiger partial charge on any atom is 0.133 e. The molecular formula is C12H15N3. The van der Waals surface area contributed by atoms with Crippen molar-refractivity contribution in [3.8, 4) is 0 Å². The molecule has 0 atom stereocenters. The summed E-state index contributed by atoms with van der Waals surface area (Å²) in [5, 5.41) is 0. The summed E-state index contributed by atoms with van der Waals surface area (Å²) in [5.41, 5.74) is 10.1. The van der Waals surface area contributed by atoms with Gasteiger partial charge in [0.15, 0.2) is 0 Å². The molecule has 15 heavy (non-hydrogen) atoms. The molecule has 1 aliphatic heterocycles. The Hall–Kier alpha value is -1.77. The predicted molar refractivity (Wildman–Crippen MR) is 64.3 cm³/mol. The molecule has 0 unspecified atom stereocenters. The van der Waals surface area contributed by atoms with Crippen molar-refractivity contribution in [2.24, 2.45) is 10.7 Å². The van der Waals surface area contributed by atoms with Gasteiger partial charge in [-0.2, -0.15) is 0 Å². The molecular weight excluding hydrogens is 186 g/mol. The Labute approximate surface area is 89.9 Å². The van der Waals surface area contributed by atoms with Crippen LogP contribution in [0.2, 0.25) is 0 Å². The number of fused-ring (bicyclic) bond motifs is 1. The maximum absolute atomic E-state index is 5.94. The minimum absolute atomic E-state index is 0.575. The van der Waals surface area contributed by atoms with Gasteiger partial charge < -0.3 is 10.6 Å². The molecule has 1 aromatic carbocycles. The van der Waals surface area contributed by atoms with E-state index in [1.165, 1.54) is 5.56 Å². The van der Waals surface area contributed by atoms with Gasteiger partial charge in [0.1, 0.15) is 5.84 Å². The van der Waals surface area contributed by atoms with Gasteiger partial charge in [-0.25, -0.2) is 4.99 Å². The molecule has 0 bridgehead atoms. The van der Waals surface area contributed by atoms with E-state index < -0.39 is 0 Å². The van der Waals surface area contributed by atoms with Crippen LogP contribution in [0.25, 0.3) is 0 Å². The second-order valence-corrected chi connectivity index (χ2v) is 3.95. The summed E-state index contributed by atoms with van der Waals surface area (Å²) in [6.45, 7) is 3.86. The number of benzene rings is 1. The Kier molecular flexibility index (Phi) is 2.23. The van der Waals surface area contributed by atoms with Crippen LogP contribution in [-0.4, -0.2) is 19.9 Å². The average Bonchev–Trinajstić information content (AvgIpc) is 2.16. The third-order valence-corrected chi connectivity index (χ3v) is 2.54. The van der Waals surface area contributed by atoms with Gasteiger partial charge in [-0.15, -0.1) is 0 Å². The van der Waals surface area contributed by atoms with Gasteiger partial charge in [-0.1, -0.05) is 18.7 Å². The van der Waals surface area contributed by atoms with Crippen LogP contribution in [0.5, 0.6) is 0 Å². The quantitative estimate of drug-likeness (QED) is 0.748. The predicted octanol–water partition coefficient (Wildman–Crippen LogP) is 1.53. The van der Waals surface area contributed by atoms with Crippen LogP contribution >= 0.6 is 0 Å². The van der Waals surface area contributed by atoms with Crippen LogP contribution in [0.3, 0.4) is 0 Å². The average molecular weight is 201 g/mol. The number of hydrogen-bond acceptors (Lipinski definition) is 3. The molecule has 0 radical (unpaired) electrons. The van der Waals surface area contributed by atoms with Crippen LogP contribution in [0, 0.1) is 0 Å². The molecule has 0 fully saturated rings. The highest BCUT2D eigenvalue weighted by Crippen LogP contribution is 2.27. The van der Waals surface area contributed by atoms with Gasteiger partial charge in [-0.3, -0.25) is 0 Å². The van der Waals surface area contributed by atoms with Crippen LogP contribution in [-0.2, 0) is 6.42 Å². The first-order valence-corrected chi connectivity index (χ1v) is 4.91. The molecule has 1 aliphatic rings. The van der Waals surface area contributed by atoms with Crippen molar-refractivity contribution in [3.05, 3.63) is 41.6 Å². The summed E-state index contributed by atoms with van der Waals surface area (Å²) in [4.78, 5) is 6.29. The Morgan fingerprint density at radius 1 is 1.40 bits per heavy atom. The standard InChI is InChI=1S/C12H15N3/c1-8-7-9-5-4-6-10(15(2)3)11(9)12(13)14-8/h4-6H,1,7H2,2-3H3,(H2,13,14). The van der Waals surface area contributed by atoms with Gasteiger partial charge in [0.2, 0.25) is 0 Å². The minimum Gasteiger partial charge on any atom is -0.383 e. The number of aliphatic imine (C=N–C) groups is 1. The molecule has 0 amide bonds. The normalized spacial score (nSPS) is 14.5. The molecule has 0 aromatic heterocycles. The Morgan fingerprint density at radius 3 is 2.80 bits per heavy atom. The highest BCUT2D eigenvalue weighted by Gasteiger charge is 2.17. The molecule has 78 valence electrons. The fraction of sp³-hybridized carbons (Fsp3) is 0.250. The van der Waals surface area contributed by atoms with Gasteiger partial charge in [0.25, 0.3) is 0 Å². The second-order valence-electron chi connectivity index (χ2n) is 3.95. The van der Waals surface area contributed by atoms with Crippen molar-refractivity contribution in [1.29, 1.82) is 0 Å². The van der Waals surface area contributed by atoms with E-state index in [4.69, 9.17) is 5.73 Å². The monoisotopic (exact) mass is 201 g/mol. The lowest BCUT2D eigenvalue weighted by atomic mass is 9.97. The zero-order valence-corrected chi connectivity index (χ0v) is 9.12. The van der Waals surface area contributed by atoms with E-state index in [0.717, 1.165) is 23.4 Å². The lowest BCUT2D eigenvalue weighted by molar-refractivity contribution is 1.05. The molecule has 0 saturated carbocycles. The Morgan fingerprint density at radius 2 is 2.13 bits per heavy atom. The van der Waals surface area contributed by atoms with Gasteiger partial charge in [0, 0.05) is 37.5 Å². The molecule has 3 nitrogen and oxygen atoms in total. The van der Waals surface area contributed by atoms with E-state index >= 15 is 0 Å². The third-order valence-electron chi connectivity index (χ3n) is 2.54. The lowest BCUT2D eigenvalue weighted by Crippen LogP contribution is -2.24. The first-order valence-electron chi connectivity index (χ1n) is 4.91. The van der Waals surface area contributed by atoms with Crippen molar-refractivity contribution < 1.29 is 0 Å². The van der Waals surface area contributed by atoms with Crippen molar-refractivity contribution in [2.45, 2.75) is 6.42 Å². The van der Waals surface area contributed by atoms with Crippen molar-refractivity contribution in [1.82, 2.24) is 0 Å². The van der Waals surface area contributed by atoms with Crippen molar-refractivity contribution in [2.75, 3.05) is 19.0 Å². The minimum atomic E-state index is 0.575. The topological polar surface area (TPSA) is 41.6 Å². The van der Waals surface area contributed by atoms with E-state index in [-0.39, 0.29) is 0 Å². The molecule has 1 heterocycles. The van der Waals surface area contributed by atoms with E-state index in [9.17, 15) is 0 Å². The number of nitrogens with two attached hydrogens (primary N) is 1. The zero-order valence-electron chi connectivity index (χ0n) is 9.12. The highest BCUT2D eigenvalue weighted by atomic mass is 15.1. The summed E-state index contributed by atoms with van der Waals surface area (Å²) in [6.07, 6.45) is 0.789. The number of anilines is 1. The Bertz CT molecular complexity index is 444. The summed E-state index contributed by atoms with van der Waals surface area (Å²) < 4.78 is 0. The Balaban J connectivity index is 2.64. The highest BCUT2D eigenvalue weighted by molar-refractivity contribution is 6.05. The largest absolute Gasteiger partial charge is 0.383 e. The number of amidine groups is 1. The molecule has 0 aliphatic carbocycles. The van der Waals surface area contributed by atoms with E-state index in [0.29, 0.717) is 5.84 Å². The molecule has 1 aromatic rings. The number of rotatable bonds is 1. The molecule has 2 N–H and O–H groups in total. The molecule has 2 rings (SSSR count). The fourth-order valence-electron chi connectivity index (χ4n) is 1.89. The number of allylic oxidation sites excluding steroid dienone is 1. The van der Waals surface area contributed by atoms with Crippen LogP contribution in [0.1, 0.15) is 11.1 Å². The van der Waals surface area contributed by atoms with Gasteiger partial charge in [-0.05, 0) is 11.6 Å². The first-order chi connectivity index (χ1) is 7.09. The zero-order chi connectivity index (χ0) is 11.0. The number of nitrogens with zero attached hydrogens (tertiary/aromatic N) is 2. The summed E-state index contributed by atoms with van der Waals surface area (Å²) in [6, 6.07) is 6.17. The lowest BCUT2D eigenvalue weighted by Gasteiger charge is -2.22. The second kappa shape index (κ2) is 3.42. The number of hydrogen-bond donors (Lipinski definition) is 1. The smallest absolute Gasteiger partial charge is 0.133 e. The summed E-state index contributed by atoms with van der Waals surface area (Å²) >= 11 is 0. The third kappa shape index (κ3) is 1.61. The molecule has 0 saturated heterocycles. The summed E-state index contributed by atoms with van der Waals surface area (Å²) in [5.74, 6) is 0.575. The fourth-order valence-corrected chi connectivity index (χ4v) is 1.89. The summed E-state index contributed by atoms with van der Waals surface area (Å²) in [7, 11) is 4.01. The SMILES string of the molecule is C=C1Cc2cccc(N(C)C)c2C(N)=N1. The van der Waals surface area contributed by atoms with Crippen LogP contribution in [0.15, 0.2) is 35.5 Å². The van der Waals surface area contributed by atoms with Crippen molar-refractivity contribution in [3.63, 3.8) is 0 Å². The van der Waals surface area contributed by atoms with Gasteiger partial charge >= 0.3 is 0 Å². The van der Waals surface area contributed by atoms with E-state index in [1.807, 2.05) is 20.2 Å². The van der Waals surface area contributed by atoms with E-state index in [2.05, 4.69) is 28.6 Å². The molecule has 0 spiro atoms. The van der Waals surface area contributed by atoms with Gasteiger partial charge in [0.05, 0.1) is 0 Å².